The summed E-state index contributed by atoms with van der Waals surface area (Å²) in [6, 6.07) is 47.4. The molecule has 0 N–H and O–H groups in total. The average Bonchev–Trinajstić information content (AvgIpc) is 3.43. The molecule has 0 saturated carbocycles. The van der Waals surface area contributed by atoms with E-state index >= 15 is 0 Å². The van der Waals surface area contributed by atoms with E-state index in [2.05, 4.69) is 174 Å². The predicted octanol–water partition coefficient (Wildman–Crippen LogP) is 13.6. The Hall–Kier alpha value is -5.54. The second-order valence-electron chi connectivity index (χ2n) is 15.5. The van der Waals surface area contributed by atoms with Crippen molar-refractivity contribution in [1.82, 2.24) is 4.57 Å². The van der Waals surface area contributed by atoms with Crippen LogP contribution in [-0.4, -0.2) is 4.57 Å². The van der Waals surface area contributed by atoms with Gasteiger partial charge in [-0.3, -0.25) is 0 Å². The van der Waals surface area contributed by atoms with E-state index in [1.54, 1.807) is 0 Å². The van der Waals surface area contributed by atoms with E-state index < -0.39 is 0 Å². The van der Waals surface area contributed by atoms with Crippen LogP contribution in [0.3, 0.4) is 0 Å². The number of hydrogen-bond donors (Lipinski definition) is 0. The summed E-state index contributed by atoms with van der Waals surface area (Å²) in [7, 11) is 0. The smallest absolute Gasteiger partial charge is 0.136 e. The monoisotopic (exact) mass is 653 g/mol. The first-order valence-corrected chi connectivity index (χ1v) is 17.5. The maximum atomic E-state index is 6.89. The number of nitrogens with zero attached hydrogens (tertiary/aromatic N) is 1. The number of fused-ring (bicyclic) bond motifs is 5. The van der Waals surface area contributed by atoms with Crippen LogP contribution in [0.15, 0.2) is 133 Å². The Morgan fingerprint density at radius 3 is 1.28 bits per heavy atom. The fourth-order valence-corrected chi connectivity index (χ4v) is 7.03. The average molecular weight is 654 g/mol. The van der Waals surface area contributed by atoms with Crippen LogP contribution in [0.4, 0.5) is 0 Å². The molecule has 1 heterocycles. The van der Waals surface area contributed by atoms with Gasteiger partial charge in [0.2, 0.25) is 0 Å². The summed E-state index contributed by atoms with van der Waals surface area (Å²) in [6.45, 7) is 15.8. The van der Waals surface area contributed by atoms with Crippen LogP contribution >= 0.6 is 0 Å². The third kappa shape index (κ3) is 5.57. The standard InChI is InChI=1S/C47H43NO2/c1-30-44(49-42-20-12-16-31-14-8-10-18-36(31)42)28-35(29-45(30)50-43-21-13-17-32-15-9-11-19-37(32)43)48-40-24-22-33(46(2,3)4)26-38(40)39-27-34(47(5,6)7)23-25-41(39)48/h8-29H,1-7H3. The first-order chi connectivity index (χ1) is 24.0. The zero-order chi connectivity index (χ0) is 34.8. The van der Waals surface area contributed by atoms with Gasteiger partial charge in [0, 0.05) is 39.2 Å². The number of ether oxygens (including phenoxy) is 2. The van der Waals surface area contributed by atoms with Crippen molar-refractivity contribution in [3.8, 4) is 28.7 Å². The van der Waals surface area contributed by atoms with Gasteiger partial charge in [0.1, 0.15) is 23.0 Å². The quantitative estimate of drug-likeness (QED) is 0.185. The number of aromatic nitrogens is 1. The SMILES string of the molecule is Cc1c(Oc2cccc3ccccc23)cc(-n2c3ccc(C(C)(C)C)cc3c3cc(C(C)(C)C)ccc32)cc1Oc1cccc2ccccc12. The van der Waals surface area contributed by atoms with Crippen molar-refractivity contribution in [3.05, 3.63) is 150 Å². The largest absolute Gasteiger partial charge is 0.456 e. The molecule has 1 aromatic heterocycles. The van der Waals surface area contributed by atoms with Gasteiger partial charge in [-0.2, -0.15) is 0 Å². The number of benzene rings is 7. The van der Waals surface area contributed by atoms with Crippen LogP contribution in [0, 0.1) is 6.92 Å². The van der Waals surface area contributed by atoms with Crippen molar-refractivity contribution < 1.29 is 9.47 Å². The van der Waals surface area contributed by atoms with Gasteiger partial charge < -0.3 is 14.0 Å². The maximum absolute atomic E-state index is 6.89. The lowest BCUT2D eigenvalue weighted by Crippen LogP contribution is -2.10. The molecular formula is C47H43NO2. The molecule has 0 amide bonds. The summed E-state index contributed by atoms with van der Waals surface area (Å²) in [6.07, 6.45) is 0. The summed E-state index contributed by atoms with van der Waals surface area (Å²) in [5.74, 6) is 3.13. The summed E-state index contributed by atoms with van der Waals surface area (Å²) >= 11 is 0. The summed E-state index contributed by atoms with van der Waals surface area (Å²) in [5.41, 5.74) is 6.88. The van der Waals surface area contributed by atoms with E-state index in [-0.39, 0.29) is 10.8 Å². The van der Waals surface area contributed by atoms with E-state index in [9.17, 15) is 0 Å². The normalized spacial score (nSPS) is 12.3. The first kappa shape index (κ1) is 31.7. The highest BCUT2D eigenvalue weighted by Gasteiger charge is 2.23. The lowest BCUT2D eigenvalue weighted by atomic mass is 9.85. The number of rotatable bonds is 5. The van der Waals surface area contributed by atoms with Gasteiger partial charge in [-0.05, 0) is 76.1 Å². The van der Waals surface area contributed by atoms with Gasteiger partial charge in [-0.1, -0.05) is 126 Å². The van der Waals surface area contributed by atoms with Crippen molar-refractivity contribution in [2.75, 3.05) is 0 Å². The van der Waals surface area contributed by atoms with Gasteiger partial charge in [0.15, 0.2) is 0 Å². The zero-order valence-corrected chi connectivity index (χ0v) is 30.0. The molecule has 0 aliphatic heterocycles. The highest BCUT2D eigenvalue weighted by Crippen LogP contribution is 2.43. The first-order valence-electron chi connectivity index (χ1n) is 17.5. The summed E-state index contributed by atoms with van der Waals surface area (Å²) in [4.78, 5) is 0. The molecule has 8 aromatic rings. The van der Waals surface area contributed by atoms with Crippen molar-refractivity contribution in [2.24, 2.45) is 0 Å². The Labute approximate surface area is 294 Å². The van der Waals surface area contributed by atoms with E-state index in [0.717, 1.165) is 66.8 Å². The highest BCUT2D eigenvalue weighted by atomic mass is 16.5. The summed E-state index contributed by atoms with van der Waals surface area (Å²) in [5, 5.41) is 6.89. The van der Waals surface area contributed by atoms with E-state index in [0.29, 0.717) is 0 Å². The van der Waals surface area contributed by atoms with Gasteiger partial charge in [0.05, 0.1) is 16.7 Å². The third-order valence-electron chi connectivity index (χ3n) is 9.99. The van der Waals surface area contributed by atoms with Crippen LogP contribution < -0.4 is 9.47 Å². The van der Waals surface area contributed by atoms with Crippen LogP contribution in [0.2, 0.25) is 0 Å². The molecule has 0 aliphatic carbocycles. The topological polar surface area (TPSA) is 23.4 Å². The number of hydrogen-bond acceptors (Lipinski definition) is 2. The third-order valence-corrected chi connectivity index (χ3v) is 9.99. The molecule has 0 unspecified atom stereocenters. The zero-order valence-electron chi connectivity index (χ0n) is 30.0. The second kappa shape index (κ2) is 11.8. The molecule has 3 heteroatoms. The van der Waals surface area contributed by atoms with Gasteiger partial charge >= 0.3 is 0 Å². The van der Waals surface area contributed by atoms with Gasteiger partial charge in [-0.15, -0.1) is 0 Å². The van der Waals surface area contributed by atoms with Crippen LogP contribution in [0.5, 0.6) is 23.0 Å². The lowest BCUT2D eigenvalue weighted by Gasteiger charge is -2.20. The molecular weight excluding hydrogens is 611 g/mol. The molecule has 0 atom stereocenters. The molecule has 50 heavy (non-hydrogen) atoms. The summed E-state index contributed by atoms with van der Waals surface area (Å²) < 4.78 is 16.1. The molecule has 0 saturated heterocycles. The fraction of sp³-hybridized carbons (Fsp3) is 0.191. The Bertz CT molecular complexity index is 2390. The second-order valence-corrected chi connectivity index (χ2v) is 15.5. The molecule has 7 aromatic carbocycles. The minimum absolute atomic E-state index is 0.0209. The van der Waals surface area contributed by atoms with Crippen molar-refractivity contribution in [1.29, 1.82) is 0 Å². The Balaban J connectivity index is 1.39. The van der Waals surface area contributed by atoms with Crippen molar-refractivity contribution in [2.45, 2.75) is 59.3 Å². The van der Waals surface area contributed by atoms with Crippen LogP contribution in [0.25, 0.3) is 49.0 Å². The van der Waals surface area contributed by atoms with Crippen molar-refractivity contribution >= 4 is 43.4 Å². The van der Waals surface area contributed by atoms with Crippen molar-refractivity contribution in [3.63, 3.8) is 0 Å². The minimum atomic E-state index is 0.0209. The highest BCUT2D eigenvalue weighted by molar-refractivity contribution is 6.10. The van der Waals surface area contributed by atoms with E-state index in [4.69, 9.17) is 9.47 Å². The molecule has 0 spiro atoms. The molecule has 3 nitrogen and oxygen atoms in total. The fourth-order valence-electron chi connectivity index (χ4n) is 7.03. The molecule has 0 fully saturated rings. The Kier molecular flexibility index (Phi) is 7.49. The molecule has 8 rings (SSSR count). The van der Waals surface area contributed by atoms with Gasteiger partial charge in [-0.25, -0.2) is 0 Å². The van der Waals surface area contributed by atoms with Crippen LogP contribution in [-0.2, 0) is 10.8 Å². The molecule has 248 valence electrons. The Morgan fingerprint density at radius 2 is 0.840 bits per heavy atom. The van der Waals surface area contributed by atoms with Crippen LogP contribution in [0.1, 0.15) is 58.2 Å². The van der Waals surface area contributed by atoms with E-state index in [1.807, 2.05) is 12.1 Å². The molecule has 0 aliphatic rings. The Morgan fingerprint density at radius 1 is 0.420 bits per heavy atom. The van der Waals surface area contributed by atoms with E-state index in [1.165, 1.54) is 21.9 Å². The molecule has 0 radical (unpaired) electrons. The predicted molar refractivity (Wildman–Crippen MR) is 211 cm³/mol. The minimum Gasteiger partial charge on any atom is -0.456 e. The molecule has 0 bridgehead atoms. The lowest BCUT2D eigenvalue weighted by molar-refractivity contribution is 0.458. The maximum Gasteiger partial charge on any atom is 0.136 e. The van der Waals surface area contributed by atoms with Gasteiger partial charge in [0.25, 0.3) is 0 Å².